The maximum absolute atomic E-state index is 6.21. The van der Waals surface area contributed by atoms with E-state index in [0.29, 0.717) is 35.3 Å². The van der Waals surface area contributed by atoms with Crippen LogP contribution in [0.25, 0.3) is 16.6 Å². The van der Waals surface area contributed by atoms with Gasteiger partial charge in [-0.15, -0.1) is 0 Å². The molecule has 0 radical (unpaired) electrons. The number of ether oxygens (including phenoxy) is 2. The number of aromatic nitrogens is 4. The molecule has 0 amide bonds. The Labute approximate surface area is 174 Å². The first-order valence-electron chi connectivity index (χ1n) is 9.50. The van der Waals surface area contributed by atoms with Gasteiger partial charge in [0, 0.05) is 36.8 Å². The van der Waals surface area contributed by atoms with Gasteiger partial charge in [-0.1, -0.05) is 18.2 Å². The molecule has 0 atom stereocenters. The molecule has 2 N–H and O–H groups in total. The summed E-state index contributed by atoms with van der Waals surface area (Å²) in [4.78, 5) is 11.1. The molecule has 0 saturated heterocycles. The highest BCUT2D eigenvalue weighted by atomic mass is 16.5. The van der Waals surface area contributed by atoms with Crippen molar-refractivity contribution in [2.75, 3.05) is 31.9 Å². The molecule has 4 aromatic rings. The van der Waals surface area contributed by atoms with Gasteiger partial charge in [0.25, 0.3) is 0 Å². The van der Waals surface area contributed by atoms with Crippen LogP contribution >= 0.6 is 0 Å². The lowest BCUT2D eigenvalue weighted by molar-refractivity contribution is 0.356. The van der Waals surface area contributed by atoms with Crippen molar-refractivity contribution in [3.63, 3.8) is 0 Å². The monoisotopic (exact) mass is 404 g/mol. The highest BCUT2D eigenvalue weighted by Crippen LogP contribution is 2.34. The summed E-state index contributed by atoms with van der Waals surface area (Å²) in [5.41, 5.74) is 10.2. The summed E-state index contributed by atoms with van der Waals surface area (Å²) < 4.78 is 12.6. The molecule has 154 valence electrons. The Morgan fingerprint density at radius 1 is 1.07 bits per heavy atom. The van der Waals surface area contributed by atoms with Crippen molar-refractivity contribution in [3.05, 3.63) is 59.9 Å². The van der Waals surface area contributed by atoms with Crippen LogP contribution in [0.1, 0.15) is 11.1 Å². The number of nitrogens with zero attached hydrogens (tertiary/aromatic N) is 5. The minimum absolute atomic E-state index is 0.387. The van der Waals surface area contributed by atoms with Crippen molar-refractivity contribution in [1.29, 1.82) is 0 Å². The minimum atomic E-state index is 0.387. The summed E-state index contributed by atoms with van der Waals surface area (Å²) in [7, 11) is 5.10. The molecule has 2 heterocycles. The molecule has 2 aromatic heterocycles. The van der Waals surface area contributed by atoms with E-state index < -0.39 is 0 Å². The lowest BCUT2D eigenvalue weighted by Crippen LogP contribution is -2.19. The summed E-state index contributed by atoms with van der Waals surface area (Å²) >= 11 is 0. The first-order chi connectivity index (χ1) is 14.5. The van der Waals surface area contributed by atoms with Crippen LogP contribution < -0.4 is 20.1 Å². The molecule has 8 nitrogen and oxygen atoms in total. The summed E-state index contributed by atoms with van der Waals surface area (Å²) in [6, 6.07) is 11.7. The van der Waals surface area contributed by atoms with Gasteiger partial charge in [-0.05, 0) is 24.6 Å². The van der Waals surface area contributed by atoms with Gasteiger partial charge in [-0.25, -0.2) is 9.67 Å². The van der Waals surface area contributed by atoms with E-state index in [1.54, 1.807) is 26.4 Å². The van der Waals surface area contributed by atoms with Crippen LogP contribution in [0.4, 0.5) is 11.8 Å². The number of fused-ring (bicyclic) bond motifs is 1. The van der Waals surface area contributed by atoms with Crippen LogP contribution in [0.15, 0.2) is 48.8 Å². The Hall–Kier alpha value is -3.81. The number of benzene rings is 2. The fourth-order valence-electron chi connectivity index (χ4n) is 3.38. The third-order valence-corrected chi connectivity index (χ3v) is 4.98. The third kappa shape index (κ3) is 3.59. The normalized spacial score (nSPS) is 10.9. The molecule has 8 heteroatoms. The Morgan fingerprint density at radius 2 is 1.80 bits per heavy atom. The van der Waals surface area contributed by atoms with Crippen molar-refractivity contribution in [3.8, 4) is 17.2 Å². The van der Waals surface area contributed by atoms with Crippen LogP contribution in [-0.4, -0.2) is 41.0 Å². The van der Waals surface area contributed by atoms with Gasteiger partial charge in [0.15, 0.2) is 11.5 Å². The molecule has 0 aliphatic heterocycles. The van der Waals surface area contributed by atoms with Gasteiger partial charge in [0.2, 0.25) is 5.95 Å². The van der Waals surface area contributed by atoms with E-state index in [1.807, 2.05) is 47.2 Å². The predicted octanol–water partition coefficient (Wildman–Crippen LogP) is 3.36. The Bertz CT molecular complexity index is 1200. The smallest absolute Gasteiger partial charge is 0.227 e. The van der Waals surface area contributed by atoms with E-state index in [-0.39, 0.29) is 0 Å². The highest BCUT2D eigenvalue weighted by Gasteiger charge is 2.14. The van der Waals surface area contributed by atoms with E-state index >= 15 is 0 Å². The zero-order valence-corrected chi connectivity index (χ0v) is 17.5. The van der Waals surface area contributed by atoms with Crippen LogP contribution in [0.5, 0.6) is 11.5 Å². The molecule has 0 unspecified atom stereocenters. The predicted molar refractivity (Wildman–Crippen MR) is 117 cm³/mol. The van der Waals surface area contributed by atoms with Gasteiger partial charge in [0.05, 0.1) is 31.6 Å². The van der Waals surface area contributed by atoms with Crippen molar-refractivity contribution in [1.82, 2.24) is 19.7 Å². The zero-order valence-electron chi connectivity index (χ0n) is 17.5. The Morgan fingerprint density at radius 3 is 2.53 bits per heavy atom. The standard InChI is InChI=1S/C22H24N6O2/c1-14-7-5-6-8-18(14)28-13-15(11-24-28)12-27(2)22-25-17-10-20(30-4)19(29-3)9-16(17)21(23)26-22/h5-11,13H,12H2,1-4H3,(H2,23,25,26). The molecule has 2 aromatic carbocycles. The molecule has 0 spiro atoms. The summed E-state index contributed by atoms with van der Waals surface area (Å²) in [6.07, 6.45) is 3.86. The number of anilines is 2. The van der Waals surface area contributed by atoms with Crippen molar-refractivity contribution in [2.24, 2.45) is 0 Å². The maximum atomic E-state index is 6.21. The number of hydrogen-bond acceptors (Lipinski definition) is 7. The number of aryl methyl sites for hydroxylation is 1. The molecule has 0 fully saturated rings. The molecule has 0 aliphatic carbocycles. The number of methoxy groups -OCH3 is 2. The molecule has 0 bridgehead atoms. The van der Waals surface area contributed by atoms with Crippen LogP contribution in [0.2, 0.25) is 0 Å². The quantitative estimate of drug-likeness (QED) is 0.527. The lowest BCUT2D eigenvalue weighted by Gasteiger charge is -2.18. The summed E-state index contributed by atoms with van der Waals surface area (Å²) in [6.45, 7) is 2.65. The Balaban J connectivity index is 1.62. The second kappa shape index (κ2) is 7.90. The van der Waals surface area contributed by atoms with Crippen LogP contribution in [0.3, 0.4) is 0 Å². The van der Waals surface area contributed by atoms with Gasteiger partial charge < -0.3 is 20.1 Å². The van der Waals surface area contributed by atoms with Crippen LogP contribution in [0, 0.1) is 6.92 Å². The number of para-hydroxylation sites is 1. The van der Waals surface area contributed by atoms with Crippen molar-refractivity contribution < 1.29 is 9.47 Å². The lowest BCUT2D eigenvalue weighted by atomic mass is 10.2. The number of nitrogen functional groups attached to an aromatic ring is 1. The average Bonchev–Trinajstić information content (AvgIpc) is 3.21. The molecular formula is C22H24N6O2. The SMILES string of the molecule is COc1cc2nc(N(C)Cc3cnn(-c4ccccc4C)c3)nc(N)c2cc1OC. The highest BCUT2D eigenvalue weighted by molar-refractivity contribution is 5.91. The van der Waals surface area contributed by atoms with Crippen molar-refractivity contribution >= 4 is 22.7 Å². The summed E-state index contributed by atoms with van der Waals surface area (Å²) in [5, 5.41) is 5.22. The zero-order chi connectivity index (χ0) is 21.3. The van der Waals surface area contributed by atoms with E-state index in [1.165, 1.54) is 0 Å². The Kier molecular flexibility index (Phi) is 5.14. The van der Waals surface area contributed by atoms with Gasteiger partial charge in [-0.2, -0.15) is 10.1 Å². The van der Waals surface area contributed by atoms with E-state index in [9.17, 15) is 0 Å². The number of hydrogen-bond donors (Lipinski definition) is 1. The van der Waals surface area contributed by atoms with Gasteiger partial charge in [-0.3, -0.25) is 0 Å². The molecular weight excluding hydrogens is 380 g/mol. The number of rotatable bonds is 6. The van der Waals surface area contributed by atoms with Gasteiger partial charge >= 0.3 is 0 Å². The molecule has 4 rings (SSSR count). The van der Waals surface area contributed by atoms with E-state index in [2.05, 4.69) is 28.1 Å². The topological polar surface area (TPSA) is 91.3 Å². The minimum Gasteiger partial charge on any atom is -0.493 e. The number of nitrogens with two attached hydrogens (primary N) is 1. The molecule has 30 heavy (non-hydrogen) atoms. The molecule has 0 aliphatic rings. The average molecular weight is 404 g/mol. The van der Waals surface area contributed by atoms with Gasteiger partial charge in [0.1, 0.15) is 5.82 Å². The van der Waals surface area contributed by atoms with Crippen molar-refractivity contribution in [2.45, 2.75) is 13.5 Å². The summed E-state index contributed by atoms with van der Waals surface area (Å²) in [5.74, 6) is 2.09. The third-order valence-electron chi connectivity index (χ3n) is 4.98. The van der Waals surface area contributed by atoms with E-state index in [4.69, 9.17) is 15.2 Å². The fraction of sp³-hybridized carbons (Fsp3) is 0.227. The van der Waals surface area contributed by atoms with E-state index in [0.717, 1.165) is 22.2 Å². The molecule has 0 saturated carbocycles. The second-order valence-corrected chi connectivity index (χ2v) is 7.07. The maximum Gasteiger partial charge on any atom is 0.227 e. The van der Waals surface area contributed by atoms with Crippen LogP contribution in [-0.2, 0) is 6.54 Å². The first kappa shape index (κ1) is 19.5. The fourth-order valence-corrected chi connectivity index (χ4v) is 3.38. The largest absolute Gasteiger partial charge is 0.493 e. The first-order valence-corrected chi connectivity index (χ1v) is 9.50. The second-order valence-electron chi connectivity index (χ2n) is 7.07.